The molecule has 1 atom stereocenters. The third kappa shape index (κ3) is 6.11. The highest BCUT2D eigenvalue weighted by Gasteiger charge is 2.18. The summed E-state index contributed by atoms with van der Waals surface area (Å²) in [4.78, 5) is 35.2. The van der Waals surface area contributed by atoms with Gasteiger partial charge < -0.3 is 15.4 Å². The number of anilines is 2. The molecule has 28 heavy (non-hydrogen) atoms. The second kappa shape index (κ2) is 9.53. The third-order valence-corrected chi connectivity index (χ3v) is 3.97. The molecule has 0 radical (unpaired) electrons. The Morgan fingerprint density at radius 3 is 2.32 bits per heavy atom. The Hall–Kier alpha value is -3.37. The average Bonchev–Trinajstić information content (AvgIpc) is 2.63. The Morgan fingerprint density at radius 2 is 1.75 bits per heavy atom. The minimum absolute atomic E-state index is 0.0132. The van der Waals surface area contributed by atoms with Crippen LogP contribution in [0.3, 0.4) is 0 Å². The Bertz CT molecular complexity index is 935. The highest BCUT2D eigenvalue weighted by molar-refractivity contribution is 6.32. The quantitative estimate of drug-likeness (QED) is 0.724. The van der Waals surface area contributed by atoms with E-state index in [9.17, 15) is 14.4 Å². The molecule has 0 unspecified atom stereocenters. The highest BCUT2D eigenvalue weighted by atomic mass is 35.5. The van der Waals surface area contributed by atoms with Gasteiger partial charge in [-0.3, -0.25) is 14.4 Å². The van der Waals surface area contributed by atoms with Crippen molar-refractivity contribution in [3.8, 4) is 6.07 Å². The number of amides is 2. The normalized spacial score (nSPS) is 11.1. The van der Waals surface area contributed by atoms with Gasteiger partial charge in [-0.25, -0.2) is 0 Å². The molecule has 2 aromatic carbocycles. The van der Waals surface area contributed by atoms with Gasteiger partial charge >= 0.3 is 5.97 Å². The number of ether oxygens (including phenoxy) is 1. The number of nitrogens with one attached hydrogen (secondary N) is 2. The lowest BCUT2D eigenvalue weighted by atomic mass is 10.1. The van der Waals surface area contributed by atoms with E-state index in [2.05, 4.69) is 10.6 Å². The Labute approximate surface area is 167 Å². The number of carbonyl (C=O) groups excluding carboxylic acids is 3. The first kappa shape index (κ1) is 20.9. The zero-order valence-electron chi connectivity index (χ0n) is 15.3. The predicted molar refractivity (Wildman–Crippen MR) is 105 cm³/mol. The molecule has 0 aromatic heterocycles. The van der Waals surface area contributed by atoms with Gasteiger partial charge in [0, 0.05) is 18.3 Å². The second-order valence-electron chi connectivity index (χ2n) is 5.98. The molecule has 0 spiro atoms. The van der Waals surface area contributed by atoms with Gasteiger partial charge in [0.05, 0.1) is 17.0 Å². The van der Waals surface area contributed by atoms with Crippen LogP contribution in [0.1, 0.15) is 25.0 Å². The molecule has 0 aliphatic rings. The maximum Gasteiger partial charge on any atom is 0.311 e. The standard InChI is InChI=1S/C20H18ClN3O4/c1-12(20(27)24-17-8-5-15(11-22)18(21)10-17)28-19(26)9-14-3-6-16(7-4-14)23-13(2)25/h3-8,10,12H,9H2,1-2H3,(H,23,25)(H,24,27)/t12-/m0/s1. The van der Waals surface area contributed by atoms with Gasteiger partial charge in [-0.2, -0.15) is 5.26 Å². The summed E-state index contributed by atoms with van der Waals surface area (Å²) < 4.78 is 5.15. The monoisotopic (exact) mass is 399 g/mol. The summed E-state index contributed by atoms with van der Waals surface area (Å²) in [5, 5.41) is 14.3. The summed E-state index contributed by atoms with van der Waals surface area (Å²) in [6, 6.07) is 13.1. The minimum Gasteiger partial charge on any atom is -0.452 e. The van der Waals surface area contributed by atoms with Crippen molar-refractivity contribution in [1.82, 2.24) is 0 Å². The van der Waals surface area contributed by atoms with E-state index < -0.39 is 18.0 Å². The summed E-state index contributed by atoms with van der Waals surface area (Å²) in [5.74, 6) is -1.27. The van der Waals surface area contributed by atoms with Crippen molar-refractivity contribution in [2.75, 3.05) is 10.6 Å². The molecule has 0 fully saturated rings. The van der Waals surface area contributed by atoms with Crippen molar-refractivity contribution in [3.05, 3.63) is 58.6 Å². The van der Waals surface area contributed by atoms with E-state index in [0.717, 1.165) is 0 Å². The van der Waals surface area contributed by atoms with Gasteiger partial charge in [-0.05, 0) is 42.8 Å². The molecular weight excluding hydrogens is 382 g/mol. The first-order valence-electron chi connectivity index (χ1n) is 8.35. The van der Waals surface area contributed by atoms with E-state index in [0.29, 0.717) is 22.5 Å². The van der Waals surface area contributed by atoms with Crippen LogP contribution < -0.4 is 10.6 Å². The van der Waals surface area contributed by atoms with Gasteiger partial charge in [0.15, 0.2) is 6.10 Å². The summed E-state index contributed by atoms with van der Waals surface area (Å²) in [7, 11) is 0. The molecule has 0 bridgehead atoms. The van der Waals surface area contributed by atoms with E-state index in [4.69, 9.17) is 21.6 Å². The first-order chi connectivity index (χ1) is 13.3. The van der Waals surface area contributed by atoms with Crippen LogP contribution in [-0.4, -0.2) is 23.9 Å². The Kier molecular flexibility index (Phi) is 7.13. The molecule has 144 valence electrons. The molecule has 7 nitrogen and oxygen atoms in total. The molecule has 2 rings (SSSR count). The van der Waals surface area contributed by atoms with Crippen molar-refractivity contribution < 1.29 is 19.1 Å². The summed E-state index contributed by atoms with van der Waals surface area (Å²) in [5.41, 5.74) is 2.00. The van der Waals surface area contributed by atoms with E-state index in [1.807, 2.05) is 6.07 Å². The van der Waals surface area contributed by atoms with Gasteiger partial charge in [0.25, 0.3) is 5.91 Å². The first-order valence-corrected chi connectivity index (χ1v) is 8.73. The summed E-state index contributed by atoms with van der Waals surface area (Å²) in [6.07, 6.45) is -1.03. The highest BCUT2D eigenvalue weighted by Crippen LogP contribution is 2.20. The van der Waals surface area contributed by atoms with Crippen LogP contribution in [0.25, 0.3) is 0 Å². The molecule has 2 amide bonds. The number of hydrogen-bond donors (Lipinski definition) is 2. The molecule has 0 saturated carbocycles. The minimum atomic E-state index is -1.01. The van der Waals surface area contributed by atoms with Crippen molar-refractivity contribution in [2.24, 2.45) is 0 Å². The number of rotatable bonds is 6. The molecule has 0 heterocycles. The molecule has 8 heteroatoms. The van der Waals surface area contributed by atoms with Crippen LogP contribution >= 0.6 is 11.6 Å². The van der Waals surface area contributed by atoms with Crippen molar-refractivity contribution in [2.45, 2.75) is 26.4 Å². The molecule has 2 N–H and O–H groups in total. The van der Waals surface area contributed by atoms with Crippen molar-refractivity contribution >= 4 is 40.8 Å². The van der Waals surface area contributed by atoms with Crippen LogP contribution in [-0.2, 0) is 25.5 Å². The van der Waals surface area contributed by atoms with Crippen LogP contribution in [0.5, 0.6) is 0 Å². The number of nitriles is 1. The maximum atomic E-state index is 12.2. The Morgan fingerprint density at radius 1 is 1.11 bits per heavy atom. The number of carbonyl (C=O) groups is 3. The van der Waals surface area contributed by atoms with Crippen LogP contribution in [0.2, 0.25) is 5.02 Å². The van der Waals surface area contributed by atoms with Crippen LogP contribution in [0, 0.1) is 11.3 Å². The van der Waals surface area contributed by atoms with Crippen molar-refractivity contribution in [3.63, 3.8) is 0 Å². The lowest BCUT2D eigenvalue weighted by Gasteiger charge is -2.14. The zero-order valence-corrected chi connectivity index (χ0v) is 16.0. The van der Waals surface area contributed by atoms with E-state index in [-0.39, 0.29) is 17.4 Å². The van der Waals surface area contributed by atoms with Gasteiger partial charge in [0.2, 0.25) is 5.91 Å². The second-order valence-corrected chi connectivity index (χ2v) is 6.39. The SMILES string of the molecule is CC(=O)Nc1ccc(CC(=O)O[C@@H](C)C(=O)Nc2ccc(C#N)c(Cl)c2)cc1. The van der Waals surface area contributed by atoms with E-state index >= 15 is 0 Å². The maximum absolute atomic E-state index is 12.2. The fourth-order valence-corrected chi connectivity index (χ4v) is 2.52. The average molecular weight is 400 g/mol. The van der Waals surface area contributed by atoms with E-state index in [1.54, 1.807) is 24.3 Å². The number of benzene rings is 2. The largest absolute Gasteiger partial charge is 0.452 e. The predicted octanol–water partition coefficient (Wildman–Crippen LogP) is 3.28. The lowest BCUT2D eigenvalue weighted by molar-refractivity contribution is -0.152. The molecule has 0 saturated heterocycles. The summed E-state index contributed by atoms with van der Waals surface area (Å²) in [6.45, 7) is 2.86. The number of nitrogens with zero attached hydrogens (tertiary/aromatic N) is 1. The molecule has 0 aliphatic heterocycles. The van der Waals surface area contributed by atoms with Gasteiger partial charge in [-0.1, -0.05) is 23.7 Å². The fraction of sp³-hybridized carbons (Fsp3) is 0.200. The lowest BCUT2D eigenvalue weighted by Crippen LogP contribution is -2.30. The van der Waals surface area contributed by atoms with Crippen LogP contribution in [0.15, 0.2) is 42.5 Å². The number of hydrogen-bond acceptors (Lipinski definition) is 5. The summed E-state index contributed by atoms with van der Waals surface area (Å²) >= 11 is 5.92. The van der Waals surface area contributed by atoms with E-state index in [1.165, 1.54) is 32.0 Å². The number of esters is 1. The number of halogens is 1. The third-order valence-electron chi connectivity index (χ3n) is 3.66. The Balaban J connectivity index is 1.89. The van der Waals surface area contributed by atoms with Crippen LogP contribution in [0.4, 0.5) is 11.4 Å². The van der Waals surface area contributed by atoms with Gasteiger partial charge in [-0.15, -0.1) is 0 Å². The zero-order chi connectivity index (χ0) is 20.7. The molecular formula is C20H18ClN3O4. The van der Waals surface area contributed by atoms with Crippen molar-refractivity contribution in [1.29, 1.82) is 5.26 Å². The molecule has 2 aromatic rings. The smallest absolute Gasteiger partial charge is 0.311 e. The fourth-order valence-electron chi connectivity index (χ4n) is 2.30. The van der Waals surface area contributed by atoms with Gasteiger partial charge in [0.1, 0.15) is 6.07 Å². The topological polar surface area (TPSA) is 108 Å². The molecule has 0 aliphatic carbocycles.